The summed E-state index contributed by atoms with van der Waals surface area (Å²) >= 11 is 0. The summed E-state index contributed by atoms with van der Waals surface area (Å²) in [7, 11) is 1.34. The van der Waals surface area contributed by atoms with E-state index in [1.807, 2.05) is 0 Å². The van der Waals surface area contributed by atoms with Gasteiger partial charge in [-0.3, -0.25) is 0 Å². The lowest BCUT2D eigenvalue weighted by molar-refractivity contribution is -0.184. The molecule has 13 heavy (non-hydrogen) atoms. The van der Waals surface area contributed by atoms with Gasteiger partial charge in [0.25, 0.3) is 0 Å². The van der Waals surface area contributed by atoms with Crippen LogP contribution in [-0.4, -0.2) is 30.6 Å². The van der Waals surface area contributed by atoms with Crippen molar-refractivity contribution in [1.29, 1.82) is 0 Å². The third-order valence-corrected chi connectivity index (χ3v) is 2.28. The minimum atomic E-state index is -0.988. The summed E-state index contributed by atoms with van der Waals surface area (Å²) in [6, 6.07) is 0. The standard InChI is InChI=1S/C9H16O4/c1-6-9(4,7(10)11-5)13-8(2,3)12-6/h6H,1-5H3/t6-,9+/m0/s1. The molecule has 0 aliphatic carbocycles. The molecule has 1 fully saturated rings. The zero-order chi connectivity index (χ0) is 10.3. The fourth-order valence-corrected chi connectivity index (χ4v) is 1.57. The molecule has 0 aromatic carbocycles. The van der Waals surface area contributed by atoms with Crippen molar-refractivity contribution in [3.8, 4) is 0 Å². The Morgan fingerprint density at radius 3 is 2.23 bits per heavy atom. The maximum Gasteiger partial charge on any atom is 0.340 e. The molecule has 0 aromatic heterocycles. The van der Waals surface area contributed by atoms with E-state index in [0.29, 0.717) is 0 Å². The molecule has 1 aliphatic heterocycles. The average Bonchev–Trinajstić information content (AvgIpc) is 2.20. The van der Waals surface area contributed by atoms with Crippen molar-refractivity contribution in [3.63, 3.8) is 0 Å². The maximum atomic E-state index is 11.4. The van der Waals surface area contributed by atoms with Crippen molar-refractivity contribution in [2.75, 3.05) is 7.11 Å². The molecule has 4 heteroatoms. The zero-order valence-electron chi connectivity index (χ0n) is 8.71. The smallest absolute Gasteiger partial charge is 0.340 e. The highest BCUT2D eigenvalue weighted by atomic mass is 16.8. The van der Waals surface area contributed by atoms with Gasteiger partial charge in [0.2, 0.25) is 0 Å². The van der Waals surface area contributed by atoms with Crippen molar-refractivity contribution >= 4 is 5.97 Å². The Bertz CT molecular complexity index is 224. The molecule has 4 nitrogen and oxygen atoms in total. The molecule has 0 radical (unpaired) electrons. The second-order valence-corrected chi connectivity index (χ2v) is 3.86. The minimum Gasteiger partial charge on any atom is -0.467 e. The second-order valence-electron chi connectivity index (χ2n) is 3.86. The average molecular weight is 188 g/mol. The van der Waals surface area contributed by atoms with Gasteiger partial charge in [-0.1, -0.05) is 0 Å². The van der Waals surface area contributed by atoms with Gasteiger partial charge in [-0.15, -0.1) is 0 Å². The summed E-state index contributed by atoms with van der Waals surface area (Å²) in [6.45, 7) is 7.03. The SMILES string of the molecule is COC(=O)[C@]1(C)OC(C)(C)O[C@H]1C. The van der Waals surface area contributed by atoms with Gasteiger partial charge in [-0.25, -0.2) is 4.79 Å². The van der Waals surface area contributed by atoms with Crippen molar-refractivity contribution in [2.45, 2.75) is 45.2 Å². The summed E-state index contributed by atoms with van der Waals surface area (Å²) in [6.07, 6.45) is -0.296. The topological polar surface area (TPSA) is 44.8 Å². The van der Waals surface area contributed by atoms with Crippen molar-refractivity contribution in [3.05, 3.63) is 0 Å². The van der Waals surface area contributed by atoms with Gasteiger partial charge in [0.15, 0.2) is 11.4 Å². The lowest BCUT2D eigenvalue weighted by Gasteiger charge is -2.23. The maximum absolute atomic E-state index is 11.4. The largest absolute Gasteiger partial charge is 0.467 e. The molecule has 0 aromatic rings. The van der Waals surface area contributed by atoms with Gasteiger partial charge in [-0.2, -0.15) is 0 Å². The molecule has 2 atom stereocenters. The Labute approximate surface area is 78.2 Å². The van der Waals surface area contributed by atoms with Crippen molar-refractivity contribution in [2.24, 2.45) is 0 Å². The summed E-state index contributed by atoms with van der Waals surface area (Å²) in [5.74, 6) is -1.12. The van der Waals surface area contributed by atoms with E-state index in [1.165, 1.54) is 7.11 Å². The Morgan fingerprint density at radius 1 is 1.38 bits per heavy atom. The highest BCUT2D eigenvalue weighted by molar-refractivity contribution is 5.80. The van der Waals surface area contributed by atoms with Crippen molar-refractivity contribution in [1.82, 2.24) is 0 Å². The van der Waals surface area contributed by atoms with E-state index in [9.17, 15) is 4.79 Å². The van der Waals surface area contributed by atoms with Crippen LogP contribution in [0.1, 0.15) is 27.7 Å². The number of carbonyl (C=O) groups excluding carboxylic acids is 1. The van der Waals surface area contributed by atoms with Crippen molar-refractivity contribution < 1.29 is 19.0 Å². The molecule has 0 spiro atoms. The van der Waals surface area contributed by atoms with Gasteiger partial charge in [0.1, 0.15) is 0 Å². The van der Waals surface area contributed by atoms with Crippen LogP contribution in [0.4, 0.5) is 0 Å². The Hall–Kier alpha value is -0.610. The number of methoxy groups -OCH3 is 1. The van der Waals surface area contributed by atoms with Crippen LogP contribution in [0, 0.1) is 0 Å². The number of hydrogen-bond donors (Lipinski definition) is 0. The van der Waals surface area contributed by atoms with Crippen LogP contribution in [-0.2, 0) is 19.0 Å². The van der Waals surface area contributed by atoms with Crippen LogP contribution in [0.15, 0.2) is 0 Å². The van der Waals surface area contributed by atoms with E-state index in [4.69, 9.17) is 9.47 Å². The second kappa shape index (κ2) is 2.96. The molecular formula is C9H16O4. The molecule has 0 bridgehead atoms. The Morgan fingerprint density at radius 2 is 1.92 bits per heavy atom. The first-order valence-corrected chi connectivity index (χ1v) is 4.28. The highest BCUT2D eigenvalue weighted by Crippen LogP contribution is 2.36. The monoisotopic (exact) mass is 188 g/mol. The first kappa shape index (κ1) is 10.5. The number of esters is 1. The van der Waals surface area contributed by atoms with Crippen LogP contribution in [0.5, 0.6) is 0 Å². The Balaban J connectivity index is 2.87. The Kier molecular flexibility index (Phi) is 2.38. The third-order valence-electron chi connectivity index (χ3n) is 2.28. The van der Waals surface area contributed by atoms with Crippen LogP contribution >= 0.6 is 0 Å². The number of rotatable bonds is 1. The van der Waals surface area contributed by atoms with E-state index in [1.54, 1.807) is 27.7 Å². The molecule has 1 rings (SSSR count). The molecule has 0 saturated carbocycles. The van der Waals surface area contributed by atoms with E-state index in [-0.39, 0.29) is 6.10 Å². The summed E-state index contributed by atoms with van der Waals surface area (Å²) < 4.78 is 15.6. The van der Waals surface area contributed by atoms with Gasteiger partial charge in [0, 0.05) is 0 Å². The first-order valence-electron chi connectivity index (χ1n) is 4.28. The van der Waals surface area contributed by atoms with Gasteiger partial charge < -0.3 is 14.2 Å². The molecule has 1 heterocycles. The van der Waals surface area contributed by atoms with Gasteiger partial charge in [0.05, 0.1) is 13.2 Å². The highest BCUT2D eigenvalue weighted by Gasteiger charge is 2.53. The van der Waals surface area contributed by atoms with E-state index in [0.717, 1.165) is 0 Å². The van der Waals surface area contributed by atoms with Gasteiger partial charge in [-0.05, 0) is 27.7 Å². The summed E-state index contributed by atoms with van der Waals surface area (Å²) in [5.41, 5.74) is -0.988. The van der Waals surface area contributed by atoms with Crippen LogP contribution in [0.2, 0.25) is 0 Å². The van der Waals surface area contributed by atoms with Gasteiger partial charge >= 0.3 is 5.97 Å². The summed E-state index contributed by atoms with van der Waals surface area (Å²) in [4.78, 5) is 11.4. The minimum absolute atomic E-state index is 0.296. The normalized spacial score (nSPS) is 37.5. The predicted molar refractivity (Wildman–Crippen MR) is 46.1 cm³/mol. The first-order chi connectivity index (χ1) is 5.82. The molecule has 76 valence electrons. The lowest BCUT2D eigenvalue weighted by Crippen LogP contribution is -2.44. The quantitative estimate of drug-likeness (QED) is 0.578. The number of hydrogen-bond acceptors (Lipinski definition) is 4. The van der Waals surface area contributed by atoms with Crippen LogP contribution in [0.25, 0.3) is 0 Å². The van der Waals surface area contributed by atoms with E-state index < -0.39 is 17.4 Å². The molecular weight excluding hydrogens is 172 g/mol. The van der Waals surface area contributed by atoms with Crippen LogP contribution < -0.4 is 0 Å². The van der Waals surface area contributed by atoms with E-state index in [2.05, 4.69) is 4.74 Å². The lowest BCUT2D eigenvalue weighted by atomic mass is 10.0. The fourth-order valence-electron chi connectivity index (χ4n) is 1.57. The zero-order valence-corrected chi connectivity index (χ0v) is 8.71. The predicted octanol–water partition coefficient (Wildman–Crippen LogP) is 1.09. The number of carbonyl (C=O) groups is 1. The fraction of sp³-hybridized carbons (Fsp3) is 0.889. The molecule has 0 N–H and O–H groups in total. The molecule has 1 aliphatic rings. The molecule has 1 saturated heterocycles. The summed E-state index contributed by atoms with van der Waals surface area (Å²) in [5, 5.41) is 0. The molecule has 0 unspecified atom stereocenters. The van der Waals surface area contributed by atoms with E-state index >= 15 is 0 Å². The van der Waals surface area contributed by atoms with Crippen LogP contribution in [0.3, 0.4) is 0 Å². The number of ether oxygens (including phenoxy) is 3. The molecule has 0 amide bonds. The third kappa shape index (κ3) is 1.69.